The number of ether oxygens (including phenoxy) is 1. The zero-order valence-electron chi connectivity index (χ0n) is 22.3. The highest BCUT2D eigenvalue weighted by molar-refractivity contribution is 7.89. The zero-order chi connectivity index (χ0) is 29.0. The summed E-state index contributed by atoms with van der Waals surface area (Å²) in [4.78, 5) is 31.6. The maximum atomic E-state index is 13.6. The second-order valence-corrected chi connectivity index (χ2v) is 11.8. The van der Waals surface area contributed by atoms with Crippen molar-refractivity contribution in [3.63, 3.8) is 0 Å². The van der Waals surface area contributed by atoms with Crippen LogP contribution in [-0.4, -0.2) is 78.4 Å². The minimum atomic E-state index is -3.95. The summed E-state index contributed by atoms with van der Waals surface area (Å²) in [6.07, 6.45) is 2.31. The van der Waals surface area contributed by atoms with Crippen molar-refractivity contribution in [2.45, 2.75) is 30.9 Å². The Kier molecular flexibility index (Phi) is 8.82. The average Bonchev–Trinajstić information content (AvgIpc) is 2.95. The molecule has 40 heavy (non-hydrogen) atoms. The Labute approximate surface area is 232 Å². The number of anilines is 1. The van der Waals surface area contributed by atoms with Gasteiger partial charge in [-0.25, -0.2) is 12.8 Å². The number of amides is 2. The highest BCUT2D eigenvalue weighted by Gasteiger charge is 2.35. The molecule has 2 heterocycles. The number of aliphatic hydroxyl groups is 1. The summed E-state index contributed by atoms with van der Waals surface area (Å²) in [5.41, 5.74) is 0.906. The third-order valence-electron chi connectivity index (χ3n) is 6.82. The molecule has 0 saturated carbocycles. The number of likely N-dealkylation sites (N-methyl/N-ethyl adjacent to an activating group) is 1. The van der Waals surface area contributed by atoms with E-state index in [4.69, 9.17) is 4.74 Å². The average molecular weight is 571 g/mol. The van der Waals surface area contributed by atoms with E-state index in [2.05, 4.69) is 10.3 Å². The van der Waals surface area contributed by atoms with Gasteiger partial charge in [-0.2, -0.15) is 4.31 Å². The first-order valence-electron chi connectivity index (χ1n) is 12.7. The normalized spacial score (nSPS) is 18.4. The molecule has 1 aromatic heterocycles. The molecule has 0 aliphatic carbocycles. The van der Waals surface area contributed by atoms with Crippen LogP contribution in [0.2, 0.25) is 0 Å². The highest BCUT2D eigenvalue weighted by Crippen LogP contribution is 2.31. The van der Waals surface area contributed by atoms with Crippen LogP contribution in [0.15, 0.2) is 71.9 Å². The van der Waals surface area contributed by atoms with Gasteiger partial charge in [-0.3, -0.25) is 14.6 Å². The number of hydrogen-bond donors (Lipinski definition) is 2. The zero-order valence-corrected chi connectivity index (χ0v) is 23.1. The molecule has 0 saturated heterocycles. The van der Waals surface area contributed by atoms with Gasteiger partial charge in [-0.05, 0) is 61.5 Å². The lowest BCUT2D eigenvalue weighted by Crippen LogP contribution is -2.50. The number of rotatable bonds is 8. The monoisotopic (exact) mass is 570 g/mol. The molecular formula is C28H31FN4O6S. The topological polar surface area (TPSA) is 129 Å². The van der Waals surface area contributed by atoms with Gasteiger partial charge in [0, 0.05) is 43.2 Å². The third-order valence-corrected chi connectivity index (χ3v) is 8.66. The van der Waals surface area contributed by atoms with Gasteiger partial charge in [-0.15, -0.1) is 0 Å². The Morgan fingerprint density at radius 2 is 1.88 bits per heavy atom. The highest BCUT2D eigenvalue weighted by atomic mass is 32.2. The molecule has 2 N–H and O–H groups in total. The first-order valence-corrected chi connectivity index (χ1v) is 14.1. The van der Waals surface area contributed by atoms with Gasteiger partial charge in [-0.1, -0.05) is 6.92 Å². The van der Waals surface area contributed by atoms with Crippen molar-refractivity contribution >= 4 is 27.5 Å². The smallest absolute Gasteiger partial charge is 0.258 e. The maximum absolute atomic E-state index is 13.6. The quantitative estimate of drug-likeness (QED) is 0.426. The number of hydrogen-bond acceptors (Lipinski definition) is 7. The van der Waals surface area contributed by atoms with E-state index in [1.54, 1.807) is 31.2 Å². The van der Waals surface area contributed by atoms with Crippen LogP contribution >= 0.6 is 0 Å². The van der Waals surface area contributed by atoms with Crippen molar-refractivity contribution in [2.24, 2.45) is 5.92 Å². The van der Waals surface area contributed by atoms with Crippen molar-refractivity contribution in [3.05, 3.63) is 83.9 Å². The predicted molar refractivity (Wildman–Crippen MR) is 146 cm³/mol. The van der Waals surface area contributed by atoms with Gasteiger partial charge in [0.1, 0.15) is 17.7 Å². The summed E-state index contributed by atoms with van der Waals surface area (Å²) < 4.78 is 47.1. The number of fused-ring (bicyclic) bond motifs is 1. The Bertz CT molecular complexity index is 1470. The third kappa shape index (κ3) is 6.30. The molecule has 0 radical (unpaired) electrons. The Morgan fingerprint density at radius 1 is 1.20 bits per heavy atom. The maximum Gasteiger partial charge on any atom is 0.258 e. The number of nitrogens with zero attached hydrogens (tertiary/aromatic N) is 3. The largest absolute Gasteiger partial charge is 0.488 e. The van der Waals surface area contributed by atoms with E-state index in [9.17, 15) is 27.5 Å². The van der Waals surface area contributed by atoms with Crippen molar-refractivity contribution < 1.29 is 32.2 Å². The van der Waals surface area contributed by atoms with Gasteiger partial charge in [0.25, 0.3) is 11.8 Å². The molecule has 4 rings (SSSR count). The number of nitrogens with one attached hydrogen (secondary N) is 1. The number of carbonyl (C=O) groups excluding carboxylic acids is 2. The molecule has 0 unspecified atom stereocenters. The Hall–Kier alpha value is -3.87. The molecule has 10 nitrogen and oxygen atoms in total. The number of benzene rings is 2. The van der Waals surface area contributed by atoms with E-state index in [1.807, 2.05) is 6.92 Å². The molecule has 212 valence electrons. The molecule has 1 aliphatic rings. The van der Waals surface area contributed by atoms with E-state index >= 15 is 0 Å². The second-order valence-electron chi connectivity index (χ2n) is 9.76. The van der Waals surface area contributed by atoms with Crippen molar-refractivity contribution in [2.75, 3.05) is 32.1 Å². The fraction of sp³-hybridized carbons (Fsp3) is 0.321. The lowest BCUT2D eigenvalue weighted by atomic mass is 9.99. The molecule has 0 spiro atoms. The summed E-state index contributed by atoms with van der Waals surface area (Å²) >= 11 is 0. The van der Waals surface area contributed by atoms with Gasteiger partial charge in [0.15, 0.2) is 0 Å². The van der Waals surface area contributed by atoms with Crippen LogP contribution < -0.4 is 10.1 Å². The summed E-state index contributed by atoms with van der Waals surface area (Å²) in [5, 5.41) is 12.6. The number of aliphatic hydroxyl groups excluding tert-OH is 1. The molecule has 3 aromatic rings. The molecule has 0 bridgehead atoms. The summed E-state index contributed by atoms with van der Waals surface area (Å²) in [5.74, 6) is -1.45. The summed E-state index contributed by atoms with van der Waals surface area (Å²) in [6, 6.07) is 11.8. The number of sulfonamides is 1. The van der Waals surface area contributed by atoms with E-state index in [0.29, 0.717) is 11.3 Å². The number of pyridine rings is 1. The van der Waals surface area contributed by atoms with Gasteiger partial charge < -0.3 is 20.1 Å². The lowest BCUT2D eigenvalue weighted by Gasteiger charge is -2.38. The van der Waals surface area contributed by atoms with Crippen molar-refractivity contribution in [1.29, 1.82) is 0 Å². The van der Waals surface area contributed by atoms with E-state index < -0.39 is 33.9 Å². The number of carbonyl (C=O) groups is 2. The Balaban J connectivity index is 1.65. The molecule has 1 aliphatic heterocycles. The van der Waals surface area contributed by atoms with Crippen LogP contribution in [0, 0.1) is 11.7 Å². The van der Waals surface area contributed by atoms with Crippen LogP contribution in [0.4, 0.5) is 10.1 Å². The summed E-state index contributed by atoms with van der Waals surface area (Å²) in [6.45, 7) is 3.39. The lowest BCUT2D eigenvalue weighted by molar-refractivity contribution is 0.0387. The minimum absolute atomic E-state index is 0.0591. The van der Waals surface area contributed by atoms with Crippen molar-refractivity contribution in [3.8, 4) is 5.75 Å². The van der Waals surface area contributed by atoms with E-state index in [0.717, 1.165) is 16.4 Å². The molecular weight excluding hydrogens is 539 g/mol. The molecule has 0 fully saturated rings. The van der Waals surface area contributed by atoms with E-state index in [-0.39, 0.29) is 47.7 Å². The van der Waals surface area contributed by atoms with Crippen LogP contribution in [0.5, 0.6) is 5.75 Å². The molecule has 12 heteroatoms. The predicted octanol–water partition coefficient (Wildman–Crippen LogP) is 3.01. The number of aromatic nitrogens is 1. The Morgan fingerprint density at radius 3 is 2.52 bits per heavy atom. The minimum Gasteiger partial charge on any atom is -0.488 e. The second kappa shape index (κ2) is 12.1. The SMILES string of the molecule is C[C@@H]1CN([C@@H](C)CO)C(=O)c2cc(NC(=O)c3ccncc3)ccc2O[C@H]1CN(C)S(=O)(=O)c1ccc(F)cc1. The molecule has 2 amide bonds. The van der Waals surface area contributed by atoms with Gasteiger partial charge in [0.05, 0.1) is 29.7 Å². The van der Waals surface area contributed by atoms with Gasteiger partial charge in [0.2, 0.25) is 10.0 Å². The van der Waals surface area contributed by atoms with Crippen LogP contribution in [0.3, 0.4) is 0 Å². The molecule has 2 aromatic carbocycles. The van der Waals surface area contributed by atoms with Crippen LogP contribution in [-0.2, 0) is 10.0 Å². The first-order chi connectivity index (χ1) is 19.0. The van der Waals surface area contributed by atoms with Crippen LogP contribution in [0.1, 0.15) is 34.6 Å². The first kappa shape index (κ1) is 29.1. The molecule has 3 atom stereocenters. The fourth-order valence-electron chi connectivity index (χ4n) is 4.36. The fourth-order valence-corrected chi connectivity index (χ4v) is 5.55. The standard InChI is InChI=1S/C28H31FN4O6S/c1-18-15-33(19(2)17-34)28(36)24-14-22(31-27(35)20-10-12-30-13-11-20)6-9-25(24)39-26(18)16-32(3)40(37,38)23-7-4-21(29)5-8-23/h4-14,18-19,26,34H,15-17H2,1-3H3,(H,31,35)/t18-,19+,26+/m1/s1. The number of halogens is 1. The summed E-state index contributed by atoms with van der Waals surface area (Å²) in [7, 11) is -2.55. The van der Waals surface area contributed by atoms with E-state index in [1.165, 1.54) is 42.5 Å². The van der Waals surface area contributed by atoms with Crippen LogP contribution in [0.25, 0.3) is 0 Å². The van der Waals surface area contributed by atoms with Gasteiger partial charge >= 0.3 is 0 Å². The van der Waals surface area contributed by atoms with Crippen molar-refractivity contribution in [1.82, 2.24) is 14.2 Å².